The number of aromatic hydroxyl groups is 6. The highest BCUT2D eigenvalue weighted by molar-refractivity contribution is 5.89. The number of fused-ring (bicyclic) bond motifs is 1. The van der Waals surface area contributed by atoms with E-state index in [1.807, 2.05) is 0 Å². The number of aliphatic hydroxyl groups excluding tert-OH is 13. The first-order valence-corrected chi connectivity index (χ1v) is 26.4. The molecular weight excluding hydrogens is 1160 g/mol. The van der Waals surface area contributed by atoms with Crippen molar-refractivity contribution in [1.82, 2.24) is 0 Å². The van der Waals surface area contributed by atoms with Gasteiger partial charge in [-0.2, -0.15) is 0 Å². The van der Waals surface area contributed by atoms with Crippen molar-refractivity contribution in [2.45, 2.75) is 161 Å². The Balaban J connectivity index is 1.02. The lowest BCUT2D eigenvalue weighted by atomic mass is 9.96. The summed E-state index contributed by atoms with van der Waals surface area (Å²) in [5.41, 5.74) is -2.10. The largest absolute Gasteiger partial charge is 0.508 e. The maximum Gasteiger partial charge on any atom is 0.330 e. The van der Waals surface area contributed by atoms with Crippen molar-refractivity contribution in [3.05, 3.63) is 64.3 Å². The van der Waals surface area contributed by atoms with E-state index in [1.165, 1.54) is 26.0 Å². The van der Waals surface area contributed by atoms with Crippen LogP contribution in [0.2, 0.25) is 0 Å². The highest BCUT2D eigenvalue weighted by Crippen LogP contribution is 2.46. The zero-order valence-corrected chi connectivity index (χ0v) is 44.9. The van der Waals surface area contributed by atoms with Gasteiger partial charge < -0.3 is 154 Å². The summed E-state index contributed by atoms with van der Waals surface area (Å²) < 4.78 is 68.8. The van der Waals surface area contributed by atoms with Crippen LogP contribution in [0.1, 0.15) is 19.4 Å². The summed E-state index contributed by atoms with van der Waals surface area (Å²) >= 11 is 0. The molecule has 19 N–H and O–H groups in total. The highest BCUT2D eigenvalue weighted by Gasteiger charge is 2.55. The molecule has 24 atom stereocenters. The predicted molar refractivity (Wildman–Crippen MR) is 275 cm³/mol. The van der Waals surface area contributed by atoms with Crippen LogP contribution in [-0.4, -0.2) is 270 Å². The molecular formula is C53H64O33. The van der Waals surface area contributed by atoms with Crippen LogP contribution in [0.3, 0.4) is 0 Å². The number of phenolic OH excluding ortho intramolecular Hbond substituents is 6. The lowest BCUT2D eigenvalue weighted by molar-refractivity contribution is -0.388. The van der Waals surface area contributed by atoms with E-state index in [2.05, 4.69) is 0 Å². The molecule has 0 spiro atoms. The molecule has 5 aliphatic heterocycles. The van der Waals surface area contributed by atoms with Gasteiger partial charge >= 0.3 is 5.97 Å². The Labute approximate surface area is 483 Å². The number of phenols is 6. The fourth-order valence-corrected chi connectivity index (χ4v) is 9.99. The minimum atomic E-state index is -2.26. The second-order valence-electron chi connectivity index (χ2n) is 20.9. The molecule has 6 heterocycles. The van der Waals surface area contributed by atoms with Gasteiger partial charge in [0.05, 0.1) is 25.4 Å². The summed E-state index contributed by atoms with van der Waals surface area (Å²) in [4.78, 5) is 27.6. The molecule has 0 aliphatic carbocycles. The van der Waals surface area contributed by atoms with Crippen LogP contribution >= 0.6 is 0 Å². The lowest BCUT2D eigenvalue weighted by Crippen LogP contribution is -2.67. The Morgan fingerprint density at radius 1 is 0.547 bits per heavy atom. The maximum atomic E-state index is 14.7. The van der Waals surface area contributed by atoms with E-state index in [1.54, 1.807) is 0 Å². The van der Waals surface area contributed by atoms with Crippen molar-refractivity contribution in [3.8, 4) is 57.3 Å². The van der Waals surface area contributed by atoms with Crippen molar-refractivity contribution in [1.29, 1.82) is 0 Å². The van der Waals surface area contributed by atoms with Crippen LogP contribution in [0.4, 0.5) is 0 Å². The number of aliphatic hydroxyl groups is 13. The summed E-state index contributed by atoms with van der Waals surface area (Å²) in [6.45, 7) is 0.137. The fraction of sp³-hybridized carbons (Fsp3) is 0.547. The fourth-order valence-electron chi connectivity index (χ4n) is 9.99. The summed E-state index contributed by atoms with van der Waals surface area (Å²) in [5.74, 6) is -8.17. The summed E-state index contributed by atoms with van der Waals surface area (Å²) in [7, 11) is 0. The van der Waals surface area contributed by atoms with Gasteiger partial charge in [0.1, 0.15) is 127 Å². The second kappa shape index (κ2) is 26.1. The van der Waals surface area contributed by atoms with E-state index in [4.69, 9.17) is 56.5 Å². The number of hydrogen-bond donors (Lipinski definition) is 19. The molecule has 0 unspecified atom stereocenters. The minimum absolute atomic E-state index is 0.224. The van der Waals surface area contributed by atoms with E-state index in [9.17, 15) is 107 Å². The maximum absolute atomic E-state index is 14.7. The molecule has 0 radical (unpaired) electrons. The Kier molecular flexibility index (Phi) is 19.5. The third-order valence-corrected chi connectivity index (χ3v) is 14.9. The van der Waals surface area contributed by atoms with Gasteiger partial charge in [0.25, 0.3) is 0 Å². The van der Waals surface area contributed by atoms with Crippen molar-refractivity contribution < 1.29 is 158 Å². The number of ether oxygens (including phenoxy) is 11. The van der Waals surface area contributed by atoms with Crippen LogP contribution in [0.15, 0.2) is 57.8 Å². The molecule has 5 aliphatic rings. The Morgan fingerprint density at radius 2 is 1.10 bits per heavy atom. The van der Waals surface area contributed by atoms with Crippen LogP contribution < -0.4 is 14.9 Å². The van der Waals surface area contributed by atoms with Gasteiger partial charge in [-0.1, -0.05) is 6.07 Å². The molecule has 474 valence electrons. The monoisotopic (exact) mass is 1230 g/mol. The van der Waals surface area contributed by atoms with Crippen molar-refractivity contribution in [3.63, 3.8) is 0 Å². The summed E-state index contributed by atoms with van der Waals surface area (Å²) in [6.07, 6.45) is -43.2. The smallest absolute Gasteiger partial charge is 0.330 e. The average molecular weight is 1230 g/mol. The second-order valence-corrected chi connectivity index (χ2v) is 20.9. The number of esters is 1. The third-order valence-electron chi connectivity index (χ3n) is 14.9. The van der Waals surface area contributed by atoms with Crippen LogP contribution in [0, 0.1) is 0 Å². The topological polar surface area (TPSA) is 533 Å². The Morgan fingerprint density at radius 3 is 1.77 bits per heavy atom. The first kappa shape index (κ1) is 64.1. The van der Waals surface area contributed by atoms with Crippen molar-refractivity contribution in [2.75, 3.05) is 19.8 Å². The molecule has 33 nitrogen and oxygen atoms in total. The molecule has 5 saturated heterocycles. The number of hydrogen-bond acceptors (Lipinski definition) is 33. The van der Waals surface area contributed by atoms with Crippen molar-refractivity contribution in [2.24, 2.45) is 0 Å². The van der Waals surface area contributed by atoms with Gasteiger partial charge in [0, 0.05) is 23.8 Å². The molecule has 0 saturated carbocycles. The molecule has 9 rings (SSSR count). The first-order chi connectivity index (χ1) is 40.7. The van der Waals surface area contributed by atoms with Gasteiger partial charge in [-0.3, -0.25) is 4.79 Å². The summed E-state index contributed by atoms with van der Waals surface area (Å²) in [5, 5.41) is 204. The van der Waals surface area contributed by atoms with Gasteiger partial charge in [-0.15, -0.1) is 0 Å². The molecule has 0 bridgehead atoms. The molecule has 4 aromatic rings. The quantitative estimate of drug-likeness (QED) is 0.0283. The van der Waals surface area contributed by atoms with E-state index < -0.39 is 247 Å². The van der Waals surface area contributed by atoms with Crippen LogP contribution in [0.5, 0.6) is 46.0 Å². The summed E-state index contributed by atoms with van der Waals surface area (Å²) in [6, 6.07) is 6.81. The minimum Gasteiger partial charge on any atom is -0.508 e. The van der Waals surface area contributed by atoms with Gasteiger partial charge in [-0.25, -0.2) is 4.79 Å². The SMILES string of the molecule is C[C@@H]1O[C@@H](O[C@@H]2CO[C@@H](Oc3c(O)cc(-c4oc5cc(O)cc(O)c5c(=O)c4O[C@@H]4O[C@@H](C)[C@H](O)[C@@H](O)[C@H]4O[C@@H]4O[C@H](COC(=O)/C=C/c5ccc(O)c(O)c5)[C@@H](O)[C@H](O)[C@H]4O[C@@H]4O[C@H](CO)[C@@H](O)[C@H](O)[C@H]4O)cc3O)[C@H](O)[C@H]2O)[C@H](O)[C@H](O)[C@H]1O. The number of rotatable bonds is 16. The van der Waals surface area contributed by atoms with E-state index in [0.29, 0.717) is 0 Å². The highest BCUT2D eigenvalue weighted by atomic mass is 16.8. The van der Waals surface area contributed by atoms with E-state index in [-0.39, 0.29) is 5.56 Å². The van der Waals surface area contributed by atoms with Crippen LogP contribution in [0.25, 0.3) is 28.4 Å². The van der Waals surface area contributed by atoms with E-state index >= 15 is 0 Å². The number of carbonyl (C=O) groups excluding carboxylic acids is 1. The molecule has 1 aromatic heterocycles. The molecule has 86 heavy (non-hydrogen) atoms. The zero-order valence-electron chi connectivity index (χ0n) is 44.9. The third kappa shape index (κ3) is 13.0. The molecule has 3 aromatic carbocycles. The normalized spacial score (nSPS) is 37.8. The van der Waals surface area contributed by atoms with Gasteiger partial charge in [0.2, 0.25) is 29.5 Å². The van der Waals surface area contributed by atoms with Crippen molar-refractivity contribution >= 4 is 23.0 Å². The standard InChI is InChI=1S/C53H64O33/c1-15-31(62)37(68)42(73)50(77-15)81-28-14-76-49(41(72)35(28)66)83-45-23(59)8-18(9-24(45)60)44-46(36(67)30-22(58)10-19(55)11-25(30)79-44)84-52-47(39(70)32(63)16(2)78-52)86-53-48(85-51-43(74)38(69)33(64)26(12-54)80-51)40(71)34(65)27(82-53)13-75-29(61)6-4-17-3-5-20(56)21(57)7-17/h3-11,15-16,26-28,31-35,37-43,47-60,62-66,68-74H,12-14H2,1-2H3/b6-4+/t15-,16-,26+,27+,28+,31-,32-,33+,34+,35-,37+,38-,39+,40-,41+,42+,43+,47+,48+,49-,50-,51-,52-,53-/m0/s1. The van der Waals surface area contributed by atoms with Crippen LogP contribution in [-0.2, 0) is 47.4 Å². The van der Waals surface area contributed by atoms with E-state index in [0.717, 1.165) is 42.5 Å². The molecule has 0 amide bonds. The Hall–Kier alpha value is -6.36. The average Bonchev–Trinajstić information content (AvgIpc) is 1.01. The predicted octanol–water partition coefficient (Wildman–Crippen LogP) is -5.52. The zero-order chi connectivity index (χ0) is 62.5. The lowest BCUT2D eigenvalue weighted by Gasteiger charge is -2.48. The van der Waals surface area contributed by atoms with Gasteiger partial charge in [0.15, 0.2) is 53.7 Å². The Bertz CT molecular complexity index is 3100. The molecule has 5 fully saturated rings. The first-order valence-electron chi connectivity index (χ1n) is 26.4. The number of carbonyl (C=O) groups is 1. The number of benzene rings is 3. The molecule has 33 heteroatoms. The van der Waals surface area contributed by atoms with Gasteiger partial charge in [-0.05, 0) is 49.8 Å².